The summed E-state index contributed by atoms with van der Waals surface area (Å²) in [7, 11) is 0. The molecule has 110 valence electrons. The van der Waals surface area contributed by atoms with Gasteiger partial charge in [0.1, 0.15) is 5.75 Å². The Kier molecular flexibility index (Phi) is 5.81. The molecule has 21 heavy (non-hydrogen) atoms. The SMILES string of the molecule is CCCOc1ccc(/C=N/Nc2ccc(C)cc2)cc1Br. The summed E-state index contributed by atoms with van der Waals surface area (Å²) >= 11 is 3.52. The van der Waals surface area contributed by atoms with Gasteiger partial charge in [0, 0.05) is 0 Å². The topological polar surface area (TPSA) is 33.6 Å². The molecule has 0 saturated heterocycles. The van der Waals surface area contributed by atoms with E-state index in [0.717, 1.165) is 34.5 Å². The zero-order chi connectivity index (χ0) is 15.1. The van der Waals surface area contributed by atoms with Crippen LogP contribution in [0.4, 0.5) is 5.69 Å². The summed E-state index contributed by atoms with van der Waals surface area (Å²) < 4.78 is 6.56. The minimum absolute atomic E-state index is 0.723. The summed E-state index contributed by atoms with van der Waals surface area (Å²) in [6, 6.07) is 14.0. The number of aryl methyl sites for hydroxylation is 1. The van der Waals surface area contributed by atoms with E-state index in [0.29, 0.717) is 0 Å². The maximum Gasteiger partial charge on any atom is 0.133 e. The lowest BCUT2D eigenvalue weighted by molar-refractivity contribution is 0.315. The Balaban J connectivity index is 1.97. The fourth-order valence-corrected chi connectivity index (χ4v) is 2.25. The van der Waals surface area contributed by atoms with E-state index in [2.05, 4.69) is 40.3 Å². The van der Waals surface area contributed by atoms with Gasteiger partial charge in [-0.15, -0.1) is 0 Å². The molecule has 1 N–H and O–H groups in total. The molecule has 0 aliphatic rings. The van der Waals surface area contributed by atoms with Crippen molar-refractivity contribution in [1.29, 1.82) is 0 Å². The largest absolute Gasteiger partial charge is 0.492 e. The van der Waals surface area contributed by atoms with Gasteiger partial charge >= 0.3 is 0 Å². The van der Waals surface area contributed by atoms with Gasteiger partial charge in [0.05, 0.1) is 23.0 Å². The molecule has 0 saturated carbocycles. The van der Waals surface area contributed by atoms with E-state index in [1.165, 1.54) is 5.56 Å². The number of nitrogens with zero attached hydrogens (tertiary/aromatic N) is 1. The molecule has 0 spiro atoms. The summed E-state index contributed by atoms with van der Waals surface area (Å²) in [5.41, 5.74) is 6.22. The maximum absolute atomic E-state index is 5.62. The van der Waals surface area contributed by atoms with Gasteiger partial charge in [0.2, 0.25) is 0 Å². The van der Waals surface area contributed by atoms with Gasteiger partial charge in [-0.1, -0.05) is 24.6 Å². The van der Waals surface area contributed by atoms with Crippen LogP contribution in [0.15, 0.2) is 52.0 Å². The normalized spacial score (nSPS) is 10.8. The second-order valence-corrected chi connectivity index (χ2v) is 5.63. The standard InChI is InChI=1S/C17H19BrN2O/c1-3-10-21-17-9-6-14(11-16(17)18)12-19-20-15-7-4-13(2)5-8-15/h4-9,11-12,20H,3,10H2,1-2H3/b19-12+. The third kappa shape index (κ3) is 4.90. The molecular weight excluding hydrogens is 328 g/mol. The highest BCUT2D eigenvalue weighted by Gasteiger charge is 2.01. The first kappa shape index (κ1) is 15.6. The van der Waals surface area contributed by atoms with Gasteiger partial charge in [-0.25, -0.2) is 0 Å². The van der Waals surface area contributed by atoms with Crippen molar-refractivity contribution >= 4 is 27.8 Å². The molecule has 0 aromatic heterocycles. The molecular formula is C17H19BrN2O. The van der Waals surface area contributed by atoms with E-state index >= 15 is 0 Å². The fourth-order valence-electron chi connectivity index (χ4n) is 1.74. The lowest BCUT2D eigenvalue weighted by Gasteiger charge is -2.07. The van der Waals surface area contributed by atoms with Crippen LogP contribution in [0.2, 0.25) is 0 Å². The summed E-state index contributed by atoms with van der Waals surface area (Å²) in [4.78, 5) is 0. The van der Waals surface area contributed by atoms with Crippen molar-refractivity contribution in [2.45, 2.75) is 20.3 Å². The molecule has 2 aromatic carbocycles. The molecule has 0 fully saturated rings. The zero-order valence-corrected chi connectivity index (χ0v) is 13.9. The number of nitrogens with one attached hydrogen (secondary N) is 1. The predicted molar refractivity (Wildman–Crippen MR) is 92.3 cm³/mol. The van der Waals surface area contributed by atoms with Crippen molar-refractivity contribution in [2.24, 2.45) is 5.10 Å². The minimum atomic E-state index is 0.723. The summed E-state index contributed by atoms with van der Waals surface area (Å²) in [5.74, 6) is 0.862. The van der Waals surface area contributed by atoms with Crippen molar-refractivity contribution in [3.63, 3.8) is 0 Å². The molecule has 0 bridgehead atoms. The van der Waals surface area contributed by atoms with Crippen molar-refractivity contribution in [2.75, 3.05) is 12.0 Å². The van der Waals surface area contributed by atoms with E-state index in [1.807, 2.05) is 42.5 Å². The van der Waals surface area contributed by atoms with Crippen LogP contribution in [0.5, 0.6) is 5.75 Å². The first-order chi connectivity index (χ1) is 10.2. The zero-order valence-electron chi connectivity index (χ0n) is 12.3. The first-order valence-corrected chi connectivity index (χ1v) is 7.76. The van der Waals surface area contributed by atoms with Gasteiger partial charge in [-0.2, -0.15) is 5.10 Å². The van der Waals surface area contributed by atoms with E-state index < -0.39 is 0 Å². The molecule has 0 heterocycles. The number of anilines is 1. The lowest BCUT2D eigenvalue weighted by atomic mass is 10.2. The van der Waals surface area contributed by atoms with Gasteiger partial charge in [0.25, 0.3) is 0 Å². The molecule has 4 heteroatoms. The molecule has 3 nitrogen and oxygen atoms in total. The van der Waals surface area contributed by atoms with E-state index in [-0.39, 0.29) is 0 Å². The molecule has 0 unspecified atom stereocenters. The van der Waals surface area contributed by atoms with E-state index in [9.17, 15) is 0 Å². The number of hydrogen-bond donors (Lipinski definition) is 1. The highest BCUT2D eigenvalue weighted by molar-refractivity contribution is 9.10. The van der Waals surface area contributed by atoms with Crippen molar-refractivity contribution in [3.05, 3.63) is 58.1 Å². The first-order valence-electron chi connectivity index (χ1n) is 6.97. The number of halogens is 1. The van der Waals surface area contributed by atoms with E-state index in [4.69, 9.17) is 4.74 Å². The molecule has 2 aromatic rings. The predicted octanol–water partition coefficient (Wildman–Crippen LogP) is 4.99. The van der Waals surface area contributed by atoms with Crippen molar-refractivity contribution in [1.82, 2.24) is 0 Å². The molecule has 0 aliphatic heterocycles. The average molecular weight is 347 g/mol. The fraction of sp³-hybridized carbons (Fsp3) is 0.235. The summed E-state index contributed by atoms with van der Waals surface area (Å²) in [5, 5.41) is 4.24. The van der Waals surface area contributed by atoms with Crippen LogP contribution in [-0.2, 0) is 0 Å². The van der Waals surface area contributed by atoms with Crippen LogP contribution < -0.4 is 10.2 Å². The number of benzene rings is 2. The minimum Gasteiger partial charge on any atom is -0.492 e. The Bertz CT molecular complexity index is 609. The number of rotatable bonds is 6. The van der Waals surface area contributed by atoms with Crippen LogP contribution in [-0.4, -0.2) is 12.8 Å². The Labute approximate surface area is 134 Å². The molecule has 2 rings (SSSR count). The quantitative estimate of drug-likeness (QED) is 0.590. The Morgan fingerprint density at radius 3 is 2.62 bits per heavy atom. The number of ether oxygens (including phenoxy) is 1. The highest BCUT2D eigenvalue weighted by atomic mass is 79.9. The van der Waals surface area contributed by atoms with Gasteiger partial charge < -0.3 is 4.74 Å². The molecule has 0 atom stereocenters. The van der Waals surface area contributed by atoms with Crippen LogP contribution in [0.25, 0.3) is 0 Å². The van der Waals surface area contributed by atoms with Crippen LogP contribution in [0.3, 0.4) is 0 Å². The summed E-state index contributed by atoms with van der Waals surface area (Å²) in [6.45, 7) is 4.87. The maximum atomic E-state index is 5.62. The van der Waals surface area contributed by atoms with Gasteiger partial charge in [-0.3, -0.25) is 5.43 Å². The second kappa shape index (κ2) is 7.84. The average Bonchev–Trinajstić information content (AvgIpc) is 2.48. The Hall–Kier alpha value is -1.81. The van der Waals surface area contributed by atoms with Crippen LogP contribution in [0.1, 0.15) is 24.5 Å². The van der Waals surface area contributed by atoms with Crippen molar-refractivity contribution in [3.8, 4) is 5.75 Å². The van der Waals surface area contributed by atoms with Gasteiger partial charge in [0.15, 0.2) is 0 Å². The third-order valence-electron chi connectivity index (χ3n) is 2.88. The van der Waals surface area contributed by atoms with Crippen molar-refractivity contribution < 1.29 is 4.74 Å². The lowest BCUT2D eigenvalue weighted by Crippen LogP contribution is -1.96. The smallest absolute Gasteiger partial charge is 0.133 e. The van der Waals surface area contributed by atoms with E-state index in [1.54, 1.807) is 6.21 Å². The summed E-state index contributed by atoms with van der Waals surface area (Å²) in [6.07, 6.45) is 2.78. The van der Waals surface area contributed by atoms with Gasteiger partial charge in [-0.05, 0) is 65.2 Å². The molecule has 0 amide bonds. The number of hydrogen-bond acceptors (Lipinski definition) is 3. The monoisotopic (exact) mass is 346 g/mol. The third-order valence-corrected chi connectivity index (χ3v) is 3.50. The molecule has 0 aliphatic carbocycles. The van der Waals surface area contributed by atoms with Crippen LogP contribution in [0, 0.1) is 6.92 Å². The second-order valence-electron chi connectivity index (χ2n) is 4.77. The van der Waals surface area contributed by atoms with Crippen LogP contribution >= 0.6 is 15.9 Å². The number of hydrazone groups is 1. The molecule has 0 radical (unpaired) electrons. The Morgan fingerprint density at radius 2 is 1.95 bits per heavy atom. The Morgan fingerprint density at radius 1 is 1.19 bits per heavy atom. The highest BCUT2D eigenvalue weighted by Crippen LogP contribution is 2.25.